The van der Waals surface area contributed by atoms with E-state index in [1.807, 2.05) is 17.0 Å². The summed E-state index contributed by atoms with van der Waals surface area (Å²) in [5.41, 5.74) is 2.46. The van der Waals surface area contributed by atoms with E-state index in [-0.39, 0.29) is 11.8 Å². The van der Waals surface area contributed by atoms with Gasteiger partial charge in [0.2, 0.25) is 11.9 Å². The number of piperidine rings is 1. The van der Waals surface area contributed by atoms with Gasteiger partial charge in [0.25, 0.3) is 0 Å². The zero-order chi connectivity index (χ0) is 19.9. The highest BCUT2D eigenvalue weighted by Gasteiger charge is 2.29. The fourth-order valence-corrected chi connectivity index (χ4v) is 3.62. The SMILES string of the molecule is Cc1ccccc1CN(CCN(C)C)C(=O)C1CCN(c2ncccn2)CC1. The summed E-state index contributed by atoms with van der Waals surface area (Å²) in [7, 11) is 4.10. The first-order valence-corrected chi connectivity index (χ1v) is 10.0. The number of hydrogen-bond acceptors (Lipinski definition) is 5. The van der Waals surface area contributed by atoms with Gasteiger partial charge < -0.3 is 14.7 Å². The van der Waals surface area contributed by atoms with E-state index in [1.54, 1.807) is 12.4 Å². The van der Waals surface area contributed by atoms with Crippen molar-refractivity contribution in [3.63, 3.8) is 0 Å². The molecular formula is C22H31N5O. The molecule has 1 aromatic carbocycles. The van der Waals surface area contributed by atoms with Gasteiger partial charge >= 0.3 is 0 Å². The minimum atomic E-state index is 0.0751. The smallest absolute Gasteiger partial charge is 0.226 e. The van der Waals surface area contributed by atoms with Crippen molar-refractivity contribution in [1.82, 2.24) is 19.8 Å². The minimum absolute atomic E-state index is 0.0751. The van der Waals surface area contributed by atoms with Crippen molar-refractivity contribution in [3.05, 3.63) is 53.9 Å². The number of carbonyl (C=O) groups is 1. The monoisotopic (exact) mass is 381 g/mol. The Balaban J connectivity index is 1.64. The molecule has 0 unspecified atom stereocenters. The molecule has 0 aliphatic carbocycles. The molecule has 3 rings (SSSR count). The summed E-state index contributed by atoms with van der Waals surface area (Å²) in [5.74, 6) is 1.11. The third-order valence-electron chi connectivity index (χ3n) is 5.43. The lowest BCUT2D eigenvalue weighted by atomic mass is 9.95. The first-order chi connectivity index (χ1) is 13.5. The first-order valence-electron chi connectivity index (χ1n) is 10.0. The molecule has 0 saturated carbocycles. The highest BCUT2D eigenvalue weighted by molar-refractivity contribution is 5.79. The molecule has 0 bridgehead atoms. The van der Waals surface area contributed by atoms with Gasteiger partial charge in [0, 0.05) is 51.0 Å². The second kappa shape index (κ2) is 9.64. The van der Waals surface area contributed by atoms with Crippen LogP contribution in [0, 0.1) is 12.8 Å². The van der Waals surface area contributed by atoms with Gasteiger partial charge in [-0.15, -0.1) is 0 Å². The van der Waals surface area contributed by atoms with Gasteiger partial charge in [-0.25, -0.2) is 9.97 Å². The first kappa shape index (κ1) is 20.3. The van der Waals surface area contributed by atoms with Gasteiger partial charge in [-0.1, -0.05) is 24.3 Å². The maximum absolute atomic E-state index is 13.3. The Hall–Kier alpha value is -2.47. The van der Waals surface area contributed by atoms with E-state index in [2.05, 4.69) is 59.0 Å². The molecule has 6 nitrogen and oxygen atoms in total. The molecule has 1 aromatic heterocycles. The van der Waals surface area contributed by atoms with Crippen molar-refractivity contribution in [2.75, 3.05) is 45.2 Å². The average molecular weight is 382 g/mol. The van der Waals surface area contributed by atoms with Crippen LogP contribution in [0.4, 0.5) is 5.95 Å². The third-order valence-corrected chi connectivity index (χ3v) is 5.43. The largest absolute Gasteiger partial charge is 0.341 e. The number of likely N-dealkylation sites (N-methyl/N-ethyl adjacent to an activating group) is 1. The Kier molecular flexibility index (Phi) is 6.98. The number of carbonyl (C=O) groups excluding carboxylic acids is 1. The molecule has 1 aliphatic rings. The lowest BCUT2D eigenvalue weighted by molar-refractivity contribution is -0.137. The van der Waals surface area contributed by atoms with E-state index in [1.165, 1.54) is 11.1 Å². The molecule has 2 heterocycles. The number of benzene rings is 1. The maximum atomic E-state index is 13.3. The number of rotatable bonds is 7. The zero-order valence-electron chi connectivity index (χ0n) is 17.2. The normalized spacial score (nSPS) is 15.1. The van der Waals surface area contributed by atoms with E-state index in [4.69, 9.17) is 0 Å². The van der Waals surface area contributed by atoms with Crippen molar-refractivity contribution in [1.29, 1.82) is 0 Å². The predicted octanol–water partition coefficient (Wildman–Crippen LogP) is 2.59. The summed E-state index contributed by atoms with van der Waals surface area (Å²) in [5, 5.41) is 0. The van der Waals surface area contributed by atoms with Crippen LogP contribution >= 0.6 is 0 Å². The van der Waals surface area contributed by atoms with Crippen LogP contribution in [0.1, 0.15) is 24.0 Å². The second-order valence-corrected chi connectivity index (χ2v) is 7.80. The van der Waals surface area contributed by atoms with Gasteiger partial charge in [-0.05, 0) is 51.1 Å². The van der Waals surface area contributed by atoms with Crippen LogP contribution in [0.25, 0.3) is 0 Å². The molecular weight excluding hydrogens is 350 g/mol. The van der Waals surface area contributed by atoms with E-state index in [9.17, 15) is 4.79 Å². The molecule has 28 heavy (non-hydrogen) atoms. The van der Waals surface area contributed by atoms with Crippen LogP contribution in [0.15, 0.2) is 42.7 Å². The second-order valence-electron chi connectivity index (χ2n) is 7.80. The Morgan fingerprint density at radius 2 is 1.75 bits per heavy atom. The van der Waals surface area contributed by atoms with Crippen molar-refractivity contribution in [2.24, 2.45) is 5.92 Å². The number of amides is 1. The minimum Gasteiger partial charge on any atom is -0.341 e. The lowest BCUT2D eigenvalue weighted by Crippen LogP contribution is -2.44. The standard InChI is InChI=1S/C22H31N5O/c1-18-7-4-5-8-20(18)17-27(16-15-25(2)3)21(28)19-9-13-26(14-10-19)22-23-11-6-12-24-22/h4-8,11-12,19H,9-10,13-17H2,1-3H3. The summed E-state index contributed by atoms with van der Waals surface area (Å²) >= 11 is 0. The molecule has 0 spiro atoms. The molecule has 2 aromatic rings. The van der Waals surface area contributed by atoms with Gasteiger partial charge in [-0.3, -0.25) is 4.79 Å². The Labute approximate surface area is 168 Å². The van der Waals surface area contributed by atoms with Gasteiger partial charge in [-0.2, -0.15) is 0 Å². The molecule has 6 heteroatoms. The summed E-state index contributed by atoms with van der Waals surface area (Å²) in [6.45, 7) is 6.07. The van der Waals surface area contributed by atoms with E-state index < -0.39 is 0 Å². The van der Waals surface area contributed by atoms with E-state index in [0.717, 1.165) is 45.0 Å². The molecule has 1 aliphatic heterocycles. The van der Waals surface area contributed by atoms with Crippen LogP contribution in [0.2, 0.25) is 0 Å². The fourth-order valence-electron chi connectivity index (χ4n) is 3.62. The number of nitrogens with zero attached hydrogens (tertiary/aromatic N) is 5. The molecule has 1 amide bonds. The molecule has 150 valence electrons. The molecule has 1 fully saturated rings. The highest BCUT2D eigenvalue weighted by atomic mass is 16.2. The maximum Gasteiger partial charge on any atom is 0.226 e. The number of hydrogen-bond donors (Lipinski definition) is 0. The van der Waals surface area contributed by atoms with Crippen LogP contribution in [0.3, 0.4) is 0 Å². The molecule has 1 saturated heterocycles. The van der Waals surface area contributed by atoms with Crippen LogP contribution in [-0.2, 0) is 11.3 Å². The summed E-state index contributed by atoms with van der Waals surface area (Å²) < 4.78 is 0. The lowest BCUT2D eigenvalue weighted by Gasteiger charge is -2.34. The van der Waals surface area contributed by atoms with Crippen molar-refractivity contribution < 1.29 is 4.79 Å². The highest BCUT2D eigenvalue weighted by Crippen LogP contribution is 2.23. The molecule has 0 N–H and O–H groups in total. The number of anilines is 1. The van der Waals surface area contributed by atoms with Crippen LogP contribution in [0.5, 0.6) is 0 Å². The fraction of sp³-hybridized carbons (Fsp3) is 0.500. The van der Waals surface area contributed by atoms with Gasteiger partial charge in [0.05, 0.1) is 0 Å². The van der Waals surface area contributed by atoms with E-state index in [0.29, 0.717) is 6.54 Å². The Bertz CT molecular complexity index is 757. The Morgan fingerprint density at radius 1 is 1.07 bits per heavy atom. The van der Waals surface area contributed by atoms with Crippen molar-refractivity contribution >= 4 is 11.9 Å². The zero-order valence-corrected chi connectivity index (χ0v) is 17.2. The molecule has 0 radical (unpaired) electrons. The van der Waals surface area contributed by atoms with Crippen LogP contribution < -0.4 is 4.90 Å². The summed E-state index contributed by atoms with van der Waals surface area (Å²) in [6, 6.07) is 10.2. The van der Waals surface area contributed by atoms with Gasteiger partial charge in [0.1, 0.15) is 0 Å². The Morgan fingerprint density at radius 3 is 2.39 bits per heavy atom. The summed E-state index contributed by atoms with van der Waals surface area (Å²) in [4.78, 5) is 28.4. The number of aromatic nitrogens is 2. The molecule has 0 atom stereocenters. The van der Waals surface area contributed by atoms with Crippen molar-refractivity contribution in [2.45, 2.75) is 26.3 Å². The van der Waals surface area contributed by atoms with Crippen molar-refractivity contribution in [3.8, 4) is 0 Å². The predicted molar refractivity (Wildman–Crippen MR) is 112 cm³/mol. The topological polar surface area (TPSA) is 52.6 Å². The average Bonchev–Trinajstić information content (AvgIpc) is 2.72. The quantitative estimate of drug-likeness (QED) is 0.738. The van der Waals surface area contributed by atoms with E-state index >= 15 is 0 Å². The van der Waals surface area contributed by atoms with Gasteiger partial charge in [0.15, 0.2) is 0 Å². The van der Waals surface area contributed by atoms with Crippen LogP contribution in [-0.4, -0.2) is 65.9 Å². The third kappa shape index (κ3) is 5.29. The summed E-state index contributed by atoms with van der Waals surface area (Å²) in [6.07, 6.45) is 5.24. The number of aryl methyl sites for hydroxylation is 1.